The number of hydrogen-bond donors (Lipinski definition) is 0. The summed E-state index contributed by atoms with van der Waals surface area (Å²) in [6.07, 6.45) is 0. The van der Waals surface area contributed by atoms with E-state index in [1.54, 1.807) is 0 Å². The van der Waals surface area contributed by atoms with E-state index in [-0.39, 0.29) is 0 Å². The molecule has 1 aliphatic carbocycles. The average Bonchev–Trinajstić information content (AvgIpc) is 3.71. The minimum absolute atomic E-state index is 0.644. The highest BCUT2D eigenvalue weighted by atomic mass is 32.1. The third-order valence-electron chi connectivity index (χ3n) is 8.04. The van der Waals surface area contributed by atoms with Crippen LogP contribution in [0.1, 0.15) is 0 Å². The molecule has 0 aliphatic heterocycles. The van der Waals surface area contributed by atoms with Crippen LogP contribution in [0.2, 0.25) is 0 Å². The molecular weight excluding hydrogens is 520 g/mol. The van der Waals surface area contributed by atoms with Gasteiger partial charge in [-0.15, -0.1) is 11.3 Å². The number of oxazole rings is 1. The summed E-state index contributed by atoms with van der Waals surface area (Å²) in [5, 5.41) is 5.03. The van der Waals surface area contributed by atoms with Gasteiger partial charge in [-0.1, -0.05) is 72.8 Å². The molecule has 0 saturated heterocycles. The summed E-state index contributed by atoms with van der Waals surface area (Å²) < 4.78 is 9.02. The smallest absolute Gasteiger partial charge is 0.227 e. The second kappa shape index (κ2) is 8.65. The first-order chi connectivity index (χ1) is 20.3. The number of rotatable bonds is 4. The number of fused-ring (bicyclic) bond motifs is 6. The highest BCUT2D eigenvalue weighted by Gasteiger charge is 2.27. The molecule has 0 atom stereocenters. The van der Waals surface area contributed by atoms with E-state index in [1.807, 2.05) is 11.3 Å². The summed E-state index contributed by atoms with van der Waals surface area (Å²) in [5.41, 5.74) is 7.46. The van der Waals surface area contributed by atoms with Gasteiger partial charge in [0.25, 0.3) is 0 Å². The van der Waals surface area contributed by atoms with Crippen molar-refractivity contribution in [2.24, 2.45) is 0 Å². The molecular formula is C37H22N2OS. The van der Waals surface area contributed by atoms with Crippen LogP contribution >= 0.6 is 11.3 Å². The maximum atomic E-state index is 6.41. The summed E-state index contributed by atoms with van der Waals surface area (Å²) in [4.78, 5) is 7.28. The first kappa shape index (κ1) is 22.6. The molecule has 4 heteroatoms. The summed E-state index contributed by atoms with van der Waals surface area (Å²) in [6.45, 7) is 0. The minimum Gasteiger partial charge on any atom is -0.435 e. The maximum absolute atomic E-state index is 6.41. The molecule has 0 amide bonds. The molecule has 0 spiro atoms. The number of nitrogens with zero attached hydrogens (tertiary/aromatic N) is 2. The van der Waals surface area contributed by atoms with E-state index >= 15 is 0 Å². The Balaban J connectivity index is 1.13. The largest absolute Gasteiger partial charge is 0.435 e. The SMILES string of the molecule is c1ccc(N(c2ccc(-c3nc4c(o3)-c3cccc5cccc-4c35)cc2)c2ccc3sc4ccccc4c3c2)cc1. The number of aromatic nitrogens is 1. The van der Waals surface area contributed by atoms with E-state index in [1.165, 1.54) is 30.9 Å². The lowest BCUT2D eigenvalue weighted by atomic mass is 10.0. The normalized spacial score (nSPS) is 11.9. The van der Waals surface area contributed by atoms with Crippen molar-refractivity contribution in [1.29, 1.82) is 0 Å². The quantitative estimate of drug-likeness (QED) is 0.221. The van der Waals surface area contributed by atoms with Crippen LogP contribution in [0.15, 0.2) is 138 Å². The fourth-order valence-corrected chi connectivity index (χ4v) is 7.25. The molecule has 8 aromatic rings. The van der Waals surface area contributed by atoms with Crippen molar-refractivity contribution < 1.29 is 4.42 Å². The highest BCUT2D eigenvalue weighted by molar-refractivity contribution is 7.25. The summed E-state index contributed by atoms with van der Waals surface area (Å²) in [7, 11) is 0. The number of para-hydroxylation sites is 1. The Labute approximate surface area is 240 Å². The lowest BCUT2D eigenvalue weighted by Crippen LogP contribution is -2.09. The molecule has 6 aromatic carbocycles. The molecule has 2 aromatic heterocycles. The number of hydrogen-bond acceptors (Lipinski definition) is 4. The summed E-state index contributed by atoms with van der Waals surface area (Å²) >= 11 is 1.84. The first-order valence-electron chi connectivity index (χ1n) is 13.7. The predicted octanol–water partition coefficient (Wildman–Crippen LogP) is 11.0. The van der Waals surface area contributed by atoms with Gasteiger partial charge < -0.3 is 9.32 Å². The van der Waals surface area contributed by atoms with Crippen LogP contribution in [0.5, 0.6) is 0 Å². The number of benzene rings is 6. The molecule has 0 N–H and O–H groups in total. The molecule has 0 saturated carbocycles. The van der Waals surface area contributed by atoms with Gasteiger partial charge in [-0.2, -0.15) is 0 Å². The molecule has 0 bridgehead atoms. The zero-order valence-electron chi connectivity index (χ0n) is 21.9. The van der Waals surface area contributed by atoms with E-state index in [9.17, 15) is 0 Å². The highest BCUT2D eigenvalue weighted by Crippen LogP contribution is 2.48. The molecule has 2 heterocycles. The van der Waals surface area contributed by atoms with Crippen molar-refractivity contribution in [3.8, 4) is 34.0 Å². The Bertz CT molecular complexity index is 2210. The van der Waals surface area contributed by atoms with Crippen LogP contribution < -0.4 is 4.90 Å². The predicted molar refractivity (Wildman–Crippen MR) is 171 cm³/mol. The molecule has 1 aliphatic rings. The van der Waals surface area contributed by atoms with Gasteiger partial charge in [-0.3, -0.25) is 0 Å². The van der Waals surface area contributed by atoms with Crippen LogP contribution in [0, 0.1) is 0 Å². The van der Waals surface area contributed by atoms with Crippen LogP contribution in [-0.4, -0.2) is 4.98 Å². The van der Waals surface area contributed by atoms with Crippen LogP contribution in [0.25, 0.3) is 65.0 Å². The fraction of sp³-hybridized carbons (Fsp3) is 0. The van der Waals surface area contributed by atoms with Gasteiger partial charge in [0.15, 0.2) is 5.76 Å². The van der Waals surface area contributed by atoms with Crippen LogP contribution in [0.4, 0.5) is 17.1 Å². The average molecular weight is 543 g/mol. The van der Waals surface area contributed by atoms with Crippen LogP contribution in [0.3, 0.4) is 0 Å². The molecule has 0 radical (unpaired) electrons. The summed E-state index contributed by atoms with van der Waals surface area (Å²) in [5.74, 6) is 1.50. The molecule has 3 nitrogen and oxygen atoms in total. The van der Waals surface area contributed by atoms with E-state index in [0.29, 0.717) is 5.89 Å². The molecule has 9 rings (SSSR count). The standard InChI is InChI=1S/C37H22N2OS/c1-2-10-25(11-3-1)39(27-20-21-33-31(22-27)28-12-4-5-15-32(28)41-33)26-18-16-24(17-19-26)37-38-35-29-13-6-8-23-9-7-14-30(34(23)29)36(35)40-37/h1-22H. The zero-order chi connectivity index (χ0) is 26.9. The monoisotopic (exact) mass is 542 g/mol. The third kappa shape index (κ3) is 3.41. The van der Waals surface area contributed by atoms with E-state index in [2.05, 4.69) is 138 Å². The molecule has 192 valence electrons. The second-order valence-corrected chi connectivity index (χ2v) is 11.5. The van der Waals surface area contributed by atoms with Crippen LogP contribution in [-0.2, 0) is 0 Å². The lowest BCUT2D eigenvalue weighted by molar-refractivity contribution is 0.590. The van der Waals surface area contributed by atoms with E-state index in [0.717, 1.165) is 45.2 Å². The topological polar surface area (TPSA) is 29.3 Å². The van der Waals surface area contributed by atoms with Crippen molar-refractivity contribution in [3.63, 3.8) is 0 Å². The zero-order valence-corrected chi connectivity index (χ0v) is 22.7. The van der Waals surface area contributed by atoms with Crippen molar-refractivity contribution in [2.75, 3.05) is 4.90 Å². The van der Waals surface area contributed by atoms with Gasteiger partial charge in [0.05, 0.1) is 0 Å². The molecule has 0 fully saturated rings. The van der Waals surface area contributed by atoms with E-state index in [4.69, 9.17) is 9.40 Å². The van der Waals surface area contributed by atoms with Crippen molar-refractivity contribution in [1.82, 2.24) is 4.98 Å². The Morgan fingerprint density at radius 2 is 1.27 bits per heavy atom. The molecule has 0 unspecified atom stereocenters. The van der Waals surface area contributed by atoms with Gasteiger partial charge in [0, 0.05) is 59.3 Å². The van der Waals surface area contributed by atoms with Crippen molar-refractivity contribution in [3.05, 3.63) is 133 Å². The Morgan fingerprint density at radius 3 is 2.12 bits per heavy atom. The van der Waals surface area contributed by atoms with E-state index < -0.39 is 0 Å². The second-order valence-electron chi connectivity index (χ2n) is 10.4. The maximum Gasteiger partial charge on any atom is 0.227 e. The van der Waals surface area contributed by atoms with Gasteiger partial charge in [0.2, 0.25) is 5.89 Å². The van der Waals surface area contributed by atoms with Gasteiger partial charge in [-0.05, 0) is 66.0 Å². The lowest BCUT2D eigenvalue weighted by Gasteiger charge is -2.25. The van der Waals surface area contributed by atoms with Gasteiger partial charge in [0.1, 0.15) is 5.69 Å². The van der Waals surface area contributed by atoms with Crippen molar-refractivity contribution in [2.45, 2.75) is 0 Å². The minimum atomic E-state index is 0.644. The number of anilines is 3. The fourth-order valence-electron chi connectivity index (χ4n) is 6.17. The Hall–Kier alpha value is -5.19. The van der Waals surface area contributed by atoms with Gasteiger partial charge in [-0.25, -0.2) is 4.98 Å². The summed E-state index contributed by atoms with van der Waals surface area (Å²) in [6, 6.07) is 47.2. The Kier molecular flexibility index (Phi) is 4.77. The number of thiophene rings is 1. The molecule has 41 heavy (non-hydrogen) atoms. The third-order valence-corrected chi connectivity index (χ3v) is 9.19. The van der Waals surface area contributed by atoms with Crippen molar-refractivity contribution >= 4 is 59.3 Å². The first-order valence-corrected chi connectivity index (χ1v) is 14.5. The van der Waals surface area contributed by atoms with Gasteiger partial charge >= 0.3 is 0 Å². The Morgan fingerprint density at radius 1 is 0.561 bits per heavy atom.